The van der Waals surface area contributed by atoms with Gasteiger partial charge in [-0.25, -0.2) is 4.68 Å². The molecular formula is C19H11F6N3OS2. The SMILES string of the molecule is CSc1sc(C#N)c(C)c1-c1ccn(C(=O)c2cc(C(F)(F)F)cc(C(F)(F)F)c2)n1. The summed E-state index contributed by atoms with van der Waals surface area (Å²) < 4.78 is 79.8. The molecule has 31 heavy (non-hydrogen) atoms. The molecule has 0 aliphatic carbocycles. The van der Waals surface area contributed by atoms with Gasteiger partial charge in [-0.3, -0.25) is 4.79 Å². The molecule has 0 radical (unpaired) electrons. The number of aromatic nitrogens is 2. The monoisotopic (exact) mass is 475 g/mol. The molecule has 0 N–H and O–H groups in total. The van der Waals surface area contributed by atoms with Gasteiger partial charge < -0.3 is 0 Å². The van der Waals surface area contributed by atoms with E-state index in [0.29, 0.717) is 32.8 Å². The molecule has 0 unspecified atom stereocenters. The molecule has 0 saturated heterocycles. The van der Waals surface area contributed by atoms with Gasteiger partial charge in [0.1, 0.15) is 10.9 Å². The lowest BCUT2D eigenvalue weighted by atomic mass is 10.0. The average Bonchev–Trinajstić information content (AvgIpc) is 3.29. The largest absolute Gasteiger partial charge is 0.416 e. The summed E-state index contributed by atoms with van der Waals surface area (Å²) in [5.41, 5.74) is -2.50. The smallest absolute Gasteiger partial charge is 0.267 e. The van der Waals surface area contributed by atoms with Crippen LogP contribution < -0.4 is 0 Å². The van der Waals surface area contributed by atoms with E-state index < -0.39 is 35.0 Å². The molecule has 4 nitrogen and oxygen atoms in total. The number of hydrogen-bond acceptors (Lipinski definition) is 5. The standard InChI is InChI=1S/C19H11F6N3OS2/c1-9-14(8-26)31-17(30-2)15(9)13-3-4-28(27-13)16(29)10-5-11(18(20,21)22)7-12(6-10)19(23,24)25/h3-7H,1-2H3. The van der Waals surface area contributed by atoms with Crippen LogP contribution in [-0.2, 0) is 12.4 Å². The molecular weight excluding hydrogens is 464 g/mol. The van der Waals surface area contributed by atoms with Gasteiger partial charge in [0, 0.05) is 17.3 Å². The topological polar surface area (TPSA) is 58.7 Å². The number of carbonyl (C=O) groups excluding carboxylic acids is 1. The Morgan fingerprint density at radius 2 is 1.71 bits per heavy atom. The molecule has 162 valence electrons. The van der Waals surface area contributed by atoms with Gasteiger partial charge in [-0.1, -0.05) is 0 Å². The van der Waals surface area contributed by atoms with Gasteiger partial charge in [0.15, 0.2) is 0 Å². The first-order valence-corrected chi connectivity index (χ1v) is 10.4. The Balaban J connectivity index is 2.08. The number of alkyl halides is 6. The summed E-state index contributed by atoms with van der Waals surface area (Å²) in [7, 11) is 0. The molecule has 3 aromatic rings. The third kappa shape index (κ3) is 4.47. The maximum Gasteiger partial charge on any atom is 0.416 e. The fourth-order valence-corrected chi connectivity index (χ4v) is 4.71. The van der Waals surface area contributed by atoms with Crippen molar-refractivity contribution in [2.75, 3.05) is 6.26 Å². The third-order valence-corrected chi connectivity index (χ3v) is 6.61. The summed E-state index contributed by atoms with van der Waals surface area (Å²) in [6.07, 6.45) is -7.21. The lowest BCUT2D eigenvalue weighted by Gasteiger charge is -2.13. The van der Waals surface area contributed by atoms with Crippen LogP contribution in [0.1, 0.15) is 31.9 Å². The Hall–Kier alpha value is -2.78. The number of rotatable bonds is 3. The first-order valence-electron chi connectivity index (χ1n) is 8.34. The number of hydrogen-bond donors (Lipinski definition) is 0. The second-order valence-electron chi connectivity index (χ2n) is 6.28. The van der Waals surface area contributed by atoms with Crippen molar-refractivity contribution in [1.29, 1.82) is 5.26 Å². The minimum absolute atomic E-state index is 0.0474. The summed E-state index contributed by atoms with van der Waals surface area (Å²) in [5.74, 6) is -1.15. The van der Waals surface area contributed by atoms with Crippen LogP contribution in [0.5, 0.6) is 0 Å². The van der Waals surface area contributed by atoms with E-state index in [9.17, 15) is 36.4 Å². The van der Waals surface area contributed by atoms with E-state index in [1.54, 1.807) is 13.2 Å². The van der Waals surface area contributed by atoms with Crippen molar-refractivity contribution in [2.45, 2.75) is 23.5 Å². The van der Waals surface area contributed by atoms with Crippen molar-refractivity contribution < 1.29 is 31.1 Å². The highest BCUT2D eigenvalue weighted by atomic mass is 32.2. The van der Waals surface area contributed by atoms with E-state index in [1.807, 2.05) is 6.07 Å². The molecule has 0 atom stereocenters. The molecule has 0 aliphatic rings. The Labute approximate surface area is 180 Å². The van der Waals surface area contributed by atoms with Crippen LogP contribution in [0.2, 0.25) is 0 Å². The van der Waals surface area contributed by atoms with Crippen LogP contribution in [-0.4, -0.2) is 21.9 Å². The van der Waals surface area contributed by atoms with E-state index in [2.05, 4.69) is 5.10 Å². The van der Waals surface area contributed by atoms with E-state index in [4.69, 9.17) is 0 Å². The number of thioether (sulfide) groups is 1. The lowest BCUT2D eigenvalue weighted by Crippen LogP contribution is -2.17. The van der Waals surface area contributed by atoms with Gasteiger partial charge in [-0.15, -0.1) is 23.1 Å². The third-order valence-electron chi connectivity index (χ3n) is 4.29. The predicted molar refractivity (Wildman–Crippen MR) is 103 cm³/mol. The predicted octanol–water partition coefficient (Wildman–Crippen LogP) is 6.24. The highest BCUT2D eigenvalue weighted by Crippen LogP contribution is 2.41. The maximum atomic E-state index is 13.1. The number of nitrogens with zero attached hydrogens (tertiary/aromatic N) is 3. The molecule has 0 saturated carbocycles. The molecule has 1 aromatic carbocycles. The highest BCUT2D eigenvalue weighted by molar-refractivity contribution is 8.00. The van der Waals surface area contributed by atoms with Crippen molar-refractivity contribution in [3.05, 3.63) is 57.6 Å². The summed E-state index contributed by atoms with van der Waals surface area (Å²) in [6.45, 7) is 1.69. The van der Waals surface area contributed by atoms with Crippen LogP contribution in [0, 0.1) is 18.3 Å². The van der Waals surface area contributed by atoms with Crippen LogP contribution >= 0.6 is 23.1 Å². The van der Waals surface area contributed by atoms with Crippen molar-refractivity contribution in [1.82, 2.24) is 9.78 Å². The van der Waals surface area contributed by atoms with Gasteiger partial charge >= 0.3 is 12.4 Å². The average molecular weight is 475 g/mol. The summed E-state index contributed by atoms with van der Waals surface area (Å²) in [6, 6.07) is 4.12. The number of carbonyl (C=O) groups is 1. The zero-order valence-electron chi connectivity index (χ0n) is 15.7. The van der Waals surface area contributed by atoms with Gasteiger partial charge in [0.25, 0.3) is 5.91 Å². The molecule has 0 fully saturated rings. The molecule has 2 heterocycles. The van der Waals surface area contributed by atoms with E-state index in [-0.39, 0.29) is 11.8 Å². The number of thiophene rings is 1. The van der Waals surface area contributed by atoms with Gasteiger partial charge in [0.05, 0.1) is 21.0 Å². The van der Waals surface area contributed by atoms with Crippen molar-refractivity contribution in [3.8, 4) is 17.3 Å². The Kier molecular flexibility index (Phi) is 5.94. The van der Waals surface area contributed by atoms with E-state index in [1.165, 1.54) is 29.2 Å². The number of benzene rings is 1. The molecule has 12 heteroatoms. The van der Waals surface area contributed by atoms with E-state index in [0.717, 1.165) is 10.4 Å². The fourth-order valence-electron chi connectivity index (χ4n) is 2.82. The first-order chi connectivity index (χ1) is 14.4. The zero-order valence-corrected chi connectivity index (χ0v) is 17.4. The molecule has 0 spiro atoms. The van der Waals surface area contributed by atoms with Gasteiger partial charge in [0.2, 0.25) is 0 Å². The summed E-state index contributed by atoms with van der Waals surface area (Å²) in [4.78, 5) is 13.1. The second-order valence-corrected chi connectivity index (χ2v) is 8.38. The second kappa shape index (κ2) is 8.05. The van der Waals surface area contributed by atoms with Crippen LogP contribution in [0.3, 0.4) is 0 Å². The number of nitriles is 1. The van der Waals surface area contributed by atoms with Crippen LogP contribution in [0.15, 0.2) is 34.7 Å². The number of halogens is 6. The Morgan fingerprint density at radius 1 is 1.13 bits per heavy atom. The molecule has 0 bridgehead atoms. The van der Waals surface area contributed by atoms with Crippen molar-refractivity contribution in [2.24, 2.45) is 0 Å². The zero-order chi connectivity index (χ0) is 23.1. The summed E-state index contributed by atoms with van der Waals surface area (Å²) in [5, 5.41) is 13.3. The molecule has 3 rings (SSSR count). The highest BCUT2D eigenvalue weighted by Gasteiger charge is 2.37. The van der Waals surface area contributed by atoms with Gasteiger partial charge in [-0.2, -0.15) is 36.7 Å². The molecule has 0 aliphatic heterocycles. The van der Waals surface area contributed by atoms with Crippen LogP contribution in [0.25, 0.3) is 11.3 Å². The van der Waals surface area contributed by atoms with Gasteiger partial charge in [-0.05, 0) is 43.0 Å². The molecule has 0 amide bonds. The molecule has 2 aromatic heterocycles. The minimum Gasteiger partial charge on any atom is -0.267 e. The fraction of sp³-hybridized carbons (Fsp3) is 0.211. The first kappa shape index (κ1) is 22.9. The maximum absolute atomic E-state index is 13.1. The van der Waals surface area contributed by atoms with Crippen molar-refractivity contribution >= 4 is 29.0 Å². The quantitative estimate of drug-likeness (QED) is 0.332. The lowest BCUT2D eigenvalue weighted by molar-refractivity contribution is -0.143. The summed E-state index contributed by atoms with van der Waals surface area (Å²) >= 11 is 2.57. The Bertz CT molecular complexity index is 1170. The van der Waals surface area contributed by atoms with Crippen LogP contribution in [0.4, 0.5) is 26.3 Å². The normalized spacial score (nSPS) is 12.1. The van der Waals surface area contributed by atoms with E-state index >= 15 is 0 Å². The minimum atomic E-state index is -5.07. The Morgan fingerprint density at radius 3 is 2.19 bits per heavy atom. The van der Waals surface area contributed by atoms with Crippen molar-refractivity contribution in [3.63, 3.8) is 0 Å².